The SMILES string of the molecule is N#CCc1ccc(NC(=O)CN2CCc3sccc3[C@@H]2c2cccs2)cc1. The number of hydrogen-bond acceptors (Lipinski definition) is 5. The van der Waals surface area contributed by atoms with Crippen LogP contribution in [0, 0.1) is 11.3 Å². The van der Waals surface area contributed by atoms with Gasteiger partial charge in [0, 0.05) is 22.0 Å². The summed E-state index contributed by atoms with van der Waals surface area (Å²) in [5, 5.41) is 16.0. The number of nitrogens with zero attached hydrogens (tertiary/aromatic N) is 2. The molecule has 2 aromatic heterocycles. The molecule has 4 nitrogen and oxygen atoms in total. The number of hydrogen-bond donors (Lipinski definition) is 1. The van der Waals surface area contributed by atoms with E-state index in [-0.39, 0.29) is 11.9 Å². The standard InChI is InChI=1S/C21H19N3OS2/c22-10-7-15-3-5-16(6-4-15)23-20(25)14-24-11-8-18-17(9-13-27-18)21(24)19-2-1-12-26-19/h1-6,9,12-13,21H,7-8,11,14H2,(H,23,25)/t21-/m1/s1. The molecule has 1 amide bonds. The molecule has 0 aliphatic carbocycles. The van der Waals surface area contributed by atoms with Gasteiger partial charge in [0.15, 0.2) is 0 Å². The number of nitrogens with one attached hydrogen (secondary N) is 1. The third kappa shape index (κ3) is 3.96. The van der Waals surface area contributed by atoms with Gasteiger partial charge in [0.2, 0.25) is 5.91 Å². The van der Waals surface area contributed by atoms with Crippen molar-refractivity contribution < 1.29 is 4.79 Å². The summed E-state index contributed by atoms with van der Waals surface area (Å²) in [6, 6.07) is 16.2. The smallest absolute Gasteiger partial charge is 0.238 e. The van der Waals surface area contributed by atoms with Gasteiger partial charge in [-0.1, -0.05) is 18.2 Å². The van der Waals surface area contributed by atoms with E-state index in [1.54, 1.807) is 11.3 Å². The summed E-state index contributed by atoms with van der Waals surface area (Å²) in [5.74, 6) is -0.0109. The molecule has 0 saturated carbocycles. The first kappa shape index (κ1) is 17.9. The lowest BCUT2D eigenvalue weighted by Crippen LogP contribution is -2.40. The molecular weight excluding hydrogens is 374 g/mol. The Morgan fingerprint density at radius 3 is 2.78 bits per heavy atom. The van der Waals surface area contributed by atoms with E-state index in [1.807, 2.05) is 35.6 Å². The summed E-state index contributed by atoms with van der Waals surface area (Å²) in [6.07, 6.45) is 1.37. The minimum absolute atomic E-state index is 0.0109. The van der Waals surface area contributed by atoms with Crippen LogP contribution in [-0.2, 0) is 17.6 Å². The van der Waals surface area contributed by atoms with Gasteiger partial charge < -0.3 is 5.32 Å². The highest BCUT2D eigenvalue weighted by molar-refractivity contribution is 7.10. The lowest BCUT2D eigenvalue weighted by Gasteiger charge is -2.34. The van der Waals surface area contributed by atoms with Crippen LogP contribution < -0.4 is 5.32 Å². The van der Waals surface area contributed by atoms with Gasteiger partial charge in [-0.25, -0.2) is 0 Å². The van der Waals surface area contributed by atoms with Crippen LogP contribution in [0.4, 0.5) is 5.69 Å². The van der Waals surface area contributed by atoms with Gasteiger partial charge in [-0.2, -0.15) is 5.26 Å². The summed E-state index contributed by atoms with van der Waals surface area (Å²) in [6.45, 7) is 1.24. The second-order valence-electron chi connectivity index (χ2n) is 6.52. The Labute approximate surface area is 166 Å². The van der Waals surface area contributed by atoms with Crippen LogP contribution in [-0.4, -0.2) is 23.9 Å². The number of benzene rings is 1. The number of amides is 1. The van der Waals surface area contributed by atoms with Gasteiger partial charge >= 0.3 is 0 Å². The van der Waals surface area contributed by atoms with Gasteiger partial charge in [-0.15, -0.1) is 22.7 Å². The van der Waals surface area contributed by atoms with Gasteiger partial charge in [0.05, 0.1) is 25.1 Å². The normalized spacial score (nSPS) is 16.5. The monoisotopic (exact) mass is 393 g/mol. The number of carbonyl (C=O) groups excluding carboxylic acids is 1. The molecule has 0 bridgehead atoms. The largest absolute Gasteiger partial charge is 0.325 e. The molecule has 1 N–H and O–H groups in total. The van der Waals surface area contributed by atoms with Gasteiger partial charge in [-0.05, 0) is 52.6 Å². The maximum atomic E-state index is 12.7. The van der Waals surface area contributed by atoms with Gasteiger partial charge in [0.1, 0.15) is 0 Å². The highest BCUT2D eigenvalue weighted by Gasteiger charge is 2.31. The van der Waals surface area contributed by atoms with E-state index in [2.05, 4.69) is 45.2 Å². The van der Waals surface area contributed by atoms with Crippen LogP contribution in [0.2, 0.25) is 0 Å². The van der Waals surface area contributed by atoms with Crippen molar-refractivity contribution in [3.05, 3.63) is 74.1 Å². The Balaban J connectivity index is 1.48. The number of anilines is 1. The van der Waals surface area contributed by atoms with Crippen molar-refractivity contribution in [1.82, 2.24) is 4.90 Å². The molecular formula is C21H19N3OS2. The summed E-state index contributed by atoms with van der Waals surface area (Å²) in [4.78, 5) is 17.6. The Bertz CT molecular complexity index is 954. The van der Waals surface area contributed by atoms with Crippen LogP contribution >= 0.6 is 22.7 Å². The van der Waals surface area contributed by atoms with Crippen molar-refractivity contribution in [2.45, 2.75) is 18.9 Å². The topological polar surface area (TPSA) is 56.1 Å². The van der Waals surface area contributed by atoms with Crippen molar-refractivity contribution in [3.8, 4) is 6.07 Å². The van der Waals surface area contributed by atoms with E-state index < -0.39 is 0 Å². The highest BCUT2D eigenvalue weighted by atomic mass is 32.1. The van der Waals surface area contributed by atoms with E-state index in [4.69, 9.17) is 5.26 Å². The second kappa shape index (κ2) is 8.05. The lowest BCUT2D eigenvalue weighted by molar-refractivity contribution is -0.117. The van der Waals surface area contributed by atoms with E-state index in [0.29, 0.717) is 13.0 Å². The molecule has 3 aromatic rings. The molecule has 1 aliphatic rings. The van der Waals surface area contributed by atoms with Gasteiger partial charge in [-0.3, -0.25) is 9.69 Å². The molecule has 0 radical (unpaired) electrons. The first-order chi connectivity index (χ1) is 13.2. The van der Waals surface area contributed by atoms with Crippen molar-refractivity contribution >= 4 is 34.3 Å². The molecule has 4 rings (SSSR count). The zero-order valence-corrected chi connectivity index (χ0v) is 16.4. The first-order valence-electron chi connectivity index (χ1n) is 8.84. The third-order valence-electron chi connectivity index (χ3n) is 4.75. The third-order valence-corrected chi connectivity index (χ3v) is 6.67. The predicted octanol–water partition coefficient (Wildman–Crippen LogP) is 4.46. The minimum Gasteiger partial charge on any atom is -0.325 e. The molecule has 0 fully saturated rings. The average molecular weight is 394 g/mol. The van der Waals surface area contributed by atoms with E-state index >= 15 is 0 Å². The fourth-order valence-corrected chi connectivity index (χ4v) is 5.28. The molecule has 0 unspecified atom stereocenters. The summed E-state index contributed by atoms with van der Waals surface area (Å²) in [7, 11) is 0. The van der Waals surface area contributed by atoms with Crippen molar-refractivity contribution in [3.63, 3.8) is 0 Å². The fourth-order valence-electron chi connectivity index (χ4n) is 3.50. The number of fused-ring (bicyclic) bond motifs is 1. The van der Waals surface area contributed by atoms with E-state index in [0.717, 1.165) is 24.2 Å². The molecule has 1 atom stereocenters. The Morgan fingerprint density at radius 2 is 2.04 bits per heavy atom. The zero-order valence-electron chi connectivity index (χ0n) is 14.7. The molecule has 1 aliphatic heterocycles. The quantitative estimate of drug-likeness (QED) is 0.696. The summed E-state index contributed by atoms with van der Waals surface area (Å²) < 4.78 is 0. The molecule has 3 heterocycles. The van der Waals surface area contributed by atoms with Crippen LogP contribution in [0.3, 0.4) is 0 Å². The maximum Gasteiger partial charge on any atom is 0.238 e. The van der Waals surface area contributed by atoms with Gasteiger partial charge in [0.25, 0.3) is 0 Å². The number of nitriles is 1. The van der Waals surface area contributed by atoms with E-state index in [1.165, 1.54) is 15.3 Å². The number of carbonyl (C=O) groups is 1. The van der Waals surface area contributed by atoms with Crippen molar-refractivity contribution in [1.29, 1.82) is 5.26 Å². The molecule has 0 spiro atoms. The average Bonchev–Trinajstić information content (AvgIpc) is 3.35. The van der Waals surface area contributed by atoms with Crippen LogP contribution in [0.15, 0.2) is 53.2 Å². The number of rotatable bonds is 5. The number of thiophene rings is 2. The second-order valence-corrected chi connectivity index (χ2v) is 8.50. The predicted molar refractivity (Wildman–Crippen MR) is 110 cm³/mol. The molecule has 1 aromatic carbocycles. The Kier molecular flexibility index (Phi) is 5.35. The molecule has 27 heavy (non-hydrogen) atoms. The maximum absolute atomic E-state index is 12.7. The zero-order chi connectivity index (χ0) is 18.6. The lowest BCUT2D eigenvalue weighted by atomic mass is 9.98. The first-order valence-corrected chi connectivity index (χ1v) is 10.6. The van der Waals surface area contributed by atoms with E-state index in [9.17, 15) is 4.79 Å². The molecule has 6 heteroatoms. The van der Waals surface area contributed by atoms with Crippen molar-refractivity contribution in [2.24, 2.45) is 0 Å². The van der Waals surface area contributed by atoms with Crippen molar-refractivity contribution in [2.75, 3.05) is 18.4 Å². The van der Waals surface area contributed by atoms with Crippen LogP contribution in [0.5, 0.6) is 0 Å². The van der Waals surface area contributed by atoms with Crippen LogP contribution in [0.25, 0.3) is 0 Å². The molecule has 0 saturated heterocycles. The summed E-state index contributed by atoms with van der Waals surface area (Å²) >= 11 is 3.55. The highest BCUT2D eigenvalue weighted by Crippen LogP contribution is 2.39. The molecule has 136 valence electrons. The fraction of sp³-hybridized carbons (Fsp3) is 0.238. The van der Waals surface area contributed by atoms with Crippen LogP contribution in [0.1, 0.15) is 26.9 Å². The summed E-state index contributed by atoms with van der Waals surface area (Å²) in [5.41, 5.74) is 3.05. The Hall–Kier alpha value is -2.46. The minimum atomic E-state index is -0.0109. The Morgan fingerprint density at radius 1 is 1.19 bits per heavy atom.